The Bertz CT molecular complexity index is 532. The van der Waals surface area contributed by atoms with Gasteiger partial charge in [-0.05, 0) is 57.7 Å². The number of aliphatic imine (C=N–C) groups is 1. The van der Waals surface area contributed by atoms with Gasteiger partial charge in [0.2, 0.25) is 0 Å². The van der Waals surface area contributed by atoms with Crippen LogP contribution < -0.4 is 15.5 Å². The summed E-state index contributed by atoms with van der Waals surface area (Å²) in [6.45, 7) is 11.8. The van der Waals surface area contributed by atoms with Gasteiger partial charge < -0.3 is 20.3 Å². The van der Waals surface area contributed by atoms with Crippen LogP contribution in [0.1, 0.15) is 51.6 Å². The topological polar surface area (TPSA) is 48.9 Å². The highest BCUT2D eigenvalue weighted by Crippen LogP contribution is 2.23. The zero-order valence-corrected chi connectivity index (χ0v) is 18.8. The van der Waals surface area contributed by atoms with Crippen molar-refractivity contribution in [2.24, 2.45) is 4.99 Å². The molecular formula is C20H35IN4O. The molecule has 0 aliphatic carbocycles. The lowest BCUT2D eigenvalue weighted by Crippen LogP contribution is -2.38. The molecule has 0 bridgehead atoms. The molecule has 6 heteroatoms. The van der Waals surface area contributed by atoms with Crippen LogP contribution in [0.2, 0.25) is 0 Å². The second-order valence-electron chi connectivity index (χ2n) is 6.47. The van der Waals surface area contributed by atoms with E-state index in [0.717, 1.165) is 38.7 Å². The molecule has 1 aromatic rings. The lowest BCUT2D eigenvalue weighted by molar-refractivity contribution is 0.146. The van der Waals surface area contributed by atoms with E-state index in [2.05, 4.69) is 58.6 Å². The molecule has 0 aromatic heterocycles. The van der Waals surface area contributed by atoms with Crippen molar-refractivity contribution < 1.29 is 4.74 Å². The average Bonchev–Trinajstić information content (AvgIpc) is 3.16. The van der Waals surface area contributed by atoms with E-state index in [9.17, 15) is 0 Å². The number of guanidine groups is 1. The van der Waals surface area contributed by atoms with Crippen LogP contribution in [0.4, 0.5) is 5.69 Å². The van der Waals surface area contributed by atoms with Crippen LogP contribution in [0.25, 0.3) is 0 Å². The average molecular weight is 474 g/mol. The Morgan fingerprint density at radius 2 is 2.04 bits per heavy atom. The number of hydrogen-bond acceptors (Lipinski definition) is 3. The van der Waals surface area contributed by atoms with Gasteiger partial charge in [-0.2, -0.15) is 0 Å². The normalized spacial score (nSPS) is 15.5. The van der Waals surface area contributed by atoms with E-state index in [1.54, 1.807) is 0 Å². The highest BCUT2D eigenvalue weighted by molar-refractivity contribution is 14.0. The van der Waals surface area contributed by atoms with Gasteiger partial charge in [-0.15, -0.1) is 24.0 Å². The van der Waals surface area contributed by atoms with Gasteiger partial charge in [0.05, 0.1) is 6.04 Å². The lowest BCUT2D eigenvalue weighted by Gasteiger charge is -2.22. The number of nitrogens with zero attached hydrogens (tertiary/aromatic N) is 2. The number of ether oxygens (including phenoxy) is 1. The van der Waals surface area contributed by atoms with Crippen molar-refractivity contribution in [3.63, 3.8) is 0 Å². The summed E-state index contributed by atoms with van der Waals surface area (Å²) in [5.41, 5.74) is 2.63. The van der Waals surface area contributed by atoms with Gasteiger partial charge in [0, 0.05) is 45.1 Å². The number of nitrogens with one attached hydrogen (secondary N) is 2. The molecular weight excluding hydrogens is 439 g/mol. The van der Waals surface area contributed by atoms with Crippen LogP contribution in [0, 0.1) is 0 Å². The maximum absolute atomic E-state index is 5.37. The molecule has 2 rings (SSSR count). The van der Waals surface area contributed by atoms with E-state index in [0.29, 0.717) is 0 Å². The third kappa shape index (κ3) is 7.70. The summed E-state index contributed by atoms with van der Waals surface area (Å²) in [4.78, 5) is 7.13. The summed E-state index contributed by atoms with van der Waals surface area (Å²) in [6.07, 6.45) is 3.55. The lowest BCUT2D eigenvalue weighted by atomic mass is 10.1. The number of rotatable bonds is 9. The fourth-order valence-corrected chi connectivity index (χ4v) is 3.08. The highest BCUT2D eigenvalue weighted by atomic mass is 127. The van der Waals surface area contributed by atoms with Crippen molar-refractivity contribution in [3.05, 3.63) is 29.8 Å². The third-order valence-electron chi connectivity index (χ3n) is 4.46. The molecule has 148 valence electrons. The van der Waals surface area contributed by atoms with Gasteiger partial charge in [-0.1, -0.05) is 12.1 Å². The predicted octanol–water partition coefficient (Wildman–Crippen LogP) is 3.95. The van der Waals surface area contributed by atoms with Crippen molar-refractivity contribution in [1.82, 2.24) is 10.6 Å². The first-order valence-electron chi connectivity index (χ1n) is 9.72. The van der Waals surface area contributed by atoms with E-state index in [1.807, 2.05) is 6.92 Å². The van der Waals surface area contributed by atoms with Crippen LogP contribution in [-0.2, 0) is 4.74 Å². The van der Waals surface area contributed by atoms with Crippen molar-refractivity contribution in [2.75, 3.05) is 44.3 Å². The fraction of sp³-hybridized carbons (Fsp3) is 0.650. The van der Waals surface area contributed by atoms with Crippen LogP contribution in [0.15, 0.2) is 29.3 Å². The molecule has 0 spiro atoms. The quantitative estimate of drug-likeness (QED) is 0.246. The minimum Gasteiger partial charge on any atom is -0.382 e. The molecule has 5 nitrogen and oxygen atoms in total. The predicted molar refractivity (Wildman–Crippen MR) is 122 cm³/mol. The molecule has 1 aliphatic heterocycles. The number of anilines is 1. The Kier molecular flexibility index (Phi) is 11.7. The minimum atomic E-state index is 0. The standard InChI is InChI=1S/C20H34N4O.HI/c1-4-21-20(22-12-9-15-25-5-2)23-17(3)18-10-8-11-19(16-18)24-13-6-7-14-24;/h8,10-11,16-17H,4-7,9,12-15H2,1-3H3,(H2,21,22,23);1H. The Labute approximate surface area is 176 Å². The van der Waals surface area contributed by atoms with E-state index < -0.39 is 0 Å². The van der Waals surface area contributed by atoms with Crippen LogP contribution in [0.5, 0.6) is 0 Å². The maximum atomic E-state index is 5.37. The summed E-state index contributed by atoms with van der Waals surface area (Å²) < 4.78 is 5.37. The monoisotopic (exact) mass is 474 g/mol. The van der Waals surface area contributed by atoms with E-state index in [-0.39, 0.29) is 30.0 Å². The summed E-state index contributed by atoms with van der Waals surface area (Å²) >= 11 is 0. The second-order valence-corrected chi connectivity index (χ2v) is 6.47. The summed E-state index contributed by atoms with van der Waals surface area (Å²) in [5, 5.41) is 6.85. The molecule has 0 saturated carbocycles. The maximum Gasteiger partial charge on any atom is 0.191 e. The first-order chi connectivity index (χ1) is 12.2. The van der Waals surface area contributed by atoms with E-state index in [4.69, 9.17) is 4.74 Å². The molecule has 1 atom stereocenters. The zero-order chi connectivity index (χ0) is 17.9. The van der Waals surface area contributed by atoms with Gasteiger partial charge >= 0.3 is 0 Å². The molecule has 26 heavy (non-hydrogen) atoms. The highest BCUT2D eigenvalue weighted by Gasteiger charge is 2.14. The molecule has 1 saturated heterocycles. The first-order valence-corrected chi connectivity index (χ1v) is 9.72. The SMILES string of the molecule is CCNC(=NCCCOCC)NC(C)c1cccc(N2CCCC2)c1.I. The molecule has 1 fully saturated rings. The van der Waals surface area contributed by atoms with Gasteiger partial charge in [-0.25, -0.2) is 0 Å². The molecule has 1 heterocycles. The Hall–Kier alpha value is -1.02. The van der Waals surface area contributed by atoms with Gasteiger partial charge in [0.25, 0.3) is 0 Å². The van der Waals surface area contributed by atoms with Crippen LogP contribution in [-0.4, -0.2) is 45.4 Å². The smallest absolute Gasteiger partial charge is 0.191 e. The number of benzene rings is 1. The molecule has 0 amide bonds. The molecule has 0 radical (unpaired) electrons. The molecule has 1 aliphatic rings. The largest absolute Gasteiger partial charge is 0.382 e. The summed E-state index contributed by atoms with van der Waals surface area (Å²) in [6, 6.07) is 9.09. The Balaban J connectivity index is 0.00000338. The van der Waals surface area contributed by atoms with Crippen LogP contribution in [0.3, 0.4) is 0 Å². The van der Waals surface area contributed by atoms with E-state index in [1.165, 1.54) is 37.2 Å². The van der Waals surface area contributed by atoms with Crippen molar-refractivity contribution in [2.45, 2.75) is 46.1 Å². The Morgan fingerprint density at radius 1 is 1.27 bits per heavy atom. The van der Waals surface area contributed by atoms with Crippen molar-refractivity contribution >= 4 is 35.6 Å². The second kappa shape index (κ2) is 13.2. The van der Waals surface area contributed by atoms with Gasteiger partial charge in [-0.3, -0.25) is 4.99 Å². The number of hydrogen-bond donors (Lipinski definition) is 2. The first kappa shape index (κ1) is 23.0. The molecule has 1 aromatic carbocycles. The van der Waals surface area contributed by atoms with Gasteiger partial charge in [0.1, 0.15) is 0 Å². The summed E-state index contributed by atoms with van der Waals surface area (Å²) in [5.74, 6) is 0.873. The van der Waals surface area contributed by atoms with Crippen molar-refractivity contribution in [3.8, 4) is 0 Å². The third-order valence-corrected chi connectivity index (χ3v) is 4.46. The van der Waals surface area contributed by atoms with E-state index >= 15 is 0 Å². The zero-order valence-electron chi connectivity index (χ0n) is 16.5. The fourth-order valence-electron chi connectivity index (χ4n) is 3.08. The summed E-state index contributed by atoms with van der Waals surface area (Å²) in [7, 11) is 0. The Morgan fingerprint density at radius 3 is 2.73 bits per heavy atom. The minimum absolute atomic E-state index is 0. The van der Waals surface area contributed by atoms with Gasteiger partial charge in [0.15, 0.2) is 5.96 Å². The van der Waals surface area contributed by atoms with Crippen molar-refractivity contribution in [1.29, 1.82) is 0 Å². The molecule has 2 N–H and O–H groups in total. The van der Waals surface area contributed by atoms with Crippen LogP contribution >= 0.6 is 24.0 Å². The number of halogens is 1. The molecule has 1 unspecified atom stereocenters.